The van der Waals surface area contributed by atoms with Crippen molar-refractivity contribution in [2.24, 2.45) is 0 Å². The van der Waals surface area contributed by atoms with Gasteiger partial charge in [-0.15, -0.1) is 0 Å². The number of halogens is 1. The van der Waals surface area contributed by atoms with Gasteiger partial charge in [0, 0.05) is 12.2 Å². The van der Waals surface area contributed by atoms with Crippen molar-refractivity contribution in [1.29, 1.82) is 0 Å². The molecule has 1 saturated carbocycles. The Kier molecular flexibility index (Phi) is 5.18. The number of rotatable bonds is 5. The third kappa shape index (κ3) is 4.07. The van der Waals surface area contributed by atoms with Gasteiger partial charge in [-0.2, -0.15) is 5.10 Å². The molecule has 1 aliphatic carbocycles. The van der Waals surface area contributed by atoms with E-state index in [1.807, 2.05) is 0 Å². The van der Waals surface area contributed by atoms with E-state index in [1.54, 1.807) is 0 Å². The predicted molar refractivity (Wildman–Crippen MR) is 105 cm³/mol. The van der Waals surface area contributed by atoms with Gasteiger partial charge in [0.25, 0.3) is 15.9 Å². The molecule has 152 valence electrons. The summed E-state index contributed by atoms with van der Waals surface area (Å²) in [6.07, 6.45) is 8.10. The Balaban J connectivity index is 1.60. The number of nitrogens with zero attached hydrogens (tertiary/aromatic N) is 3. The molecule has 10 heteroatoms. The lowest BCUT2D eigenvalue weighted by Crippen LogP contribution is -2.36. The number of benzene rings is 1. The lowest BCUT2D eigenvalue weighted by atomic mass is 9.95. The largest absolute Gasteiger partial charge is 0.349 e. The molecule has 2 heterocycles. The fourth-order valence-corrected chi connectivity index (χ4v) is 4.53. The van der Waals surface area contributed by atoms with Gasteiger partial charge >= 0.3 is 0 Å². The van der Waals surface area contributed by atoms with Crippen LogP contribution in [0.2, 0.25) is 0 Å². The highest BCUT2D eigenvalue weighted by Crippen LogP contribution is 2.20. The van der Waals surface area contributed by atoms with Crippen LogP contribution in [-0.2, 0) is 10.0 Å². The van der Waals surface area contributed by atoms with Gasteiger partial charge in [0.2, 0.25) is 0 Å². The summed E-state index contributed by atoms with van der Waals surface area (Å²) in [7, 11) is -4.17. The zero-order valence-corrected chi connectivity index (χ0v) is 16.3. The first-order chi connectivity index (χ1) is 13.9. The third-order valence-corrected chi connectivity index (χ3v) is 6.31. The van der Waals surface area contributed by atoms with Crippen LogP contribution in [0.4, 0.5) is 10.2 Å². The number of hydrogen-bond donors (Lipinski definition) is 2. The molecule has 0 bridgehead atoms. The highest BCUT2D eigenvalue weighted by atomic mass is 32.2. The van der Waals surface area contributed by atoms with Crippen LogP contribution >= 0.6 is 0 Å². The molecule has 0 radical (unpaired) electrons. The zero-order valence-electron chi connectivity index (χ0n) is 15.5. The summed E-state index contributed by atoms with van der Waals surface area (Å²) in [5.41, 5.74) is 0.467. The molecule has 0 unspecified atom stereocenters. The van der Waals surface area contributed by atoms with Gasteiger partial charge in [0.1, 0.15) is 22.1 Å². The molecule has 0 spiro atoms. The summed E-state index contributed by atoms with van der Waals surface area (Å²) in [5, 5.41) is 7.09. The number of sulfonamides is 1. The minimum Gasteiger partial charge on any atom is -0.349 e. The number of carbonyl (C=O) groups is 1. The van der Waals surface area contributed by atoms with Crippen molar-refractivity contribution >= 4 is 27.4 Å². The Bertz CT molecular complexity index is 1160. The van der Waals surface area contributed by atoms with Gasteiger partial charge in [0.05, 0.1) is 6.20 Å². The van der Waals surface area contributed by atoms with E-state index < -0.39 is 20.7 Å². The maximum Gasteiger partial charge on any atom is 0.265 e. The second-order valence-corrected chi connectivity index (χ2v) is 8.63. The first-order valence-electron chi connectivity index (χ1n) is 9.37. The average molecular weight is 417 g/mol. The van der Waals surface area contributed by atoms with Crippen molar-refractivity contribution < 1.29 is 17.6 Å². The molecule has 1 aromatic carbocycles. The van der Waals surface area contributed by atoms with Crippen LogP contribution in [0.5, 0.6) is 0 Å². The average Bonchev–Trinajstić information content (AvgIpc) is 3.12. The second-order valence-electron chi connectivity index (χ2n) is 6.98. The fourth-order valence-electron chi connectivity index (χ4n) is 3.45. The van der Waals surface area contributed by atoms with Crippen LogP contribution in [0, 0.1) is 5.82 Å². The summed E-state index contributed by atoms with van der Waals surface area (Å²) < 4.78 is 42.5. The summed E-state index contributed by atoms with van der Waals surface area (Å²) in [5.74, 6) is -1.19. The van der Waals surface area contributed by atoms with E-state index in [2.05, 4.69) is 20.1 Å². The molecule has 1 fully saturated rings. The van der Waals surface area contributed by atoms with Crippen molar-refractivity contribution in [2.75, 3.05) is 4.72 Å². The minimum absolute atomic E-state index is 0.0343. The van der Waals surface area contributed by atoms with E-state index in [-0.39, 0.29) is 29.0 Å². The third-order valence-electron chi connectivity index (χ3n) is 4.92. The maximum atomic E-state index is 13.9. The first-order valence-corrected chi connectivity index (χ1v) is 10.8. The Hall–Kier alpha value is -3.01. The topological polar surface area (TPSA) is 105 Å². The second kappa shape index (κ2) is 7.78. The van der Waals surface area contributed by atoms with Gasteiger partial charge in [-0.1, -0.05) is 31.4 Å². The van der Waals surface area contributed by atoms with Crippen LogP contribution in [0.3, 0.4) is 0 Å². The van der Waals surface area contributed by atoms with Crippen LogP contribution < -0.4 is 10.0 Å². The fraction of sp³-hybridized carbons (Fsp3) is 0.316. The number of anilines is 1. The summed E-state index contributed by atoms with van der Waals surface area (Å²) in [6, 6.07) is 6.57. The standard InChI is InChI=1S/C19H20FN5O3S/c20-15-8-4-5-9-16(15)29(27,28)24-17-10-11-25-18(23-17)14(12-21-25)19(26)22-13-6-2-1-3-7-13/h4-5,8-13H,1-3,6-7H2,(H,22,26)(H,23,24). The van der Waals surface area contributed by atoms with Gasteiger partial charge in [-0.05, 0) is 31.0 Å². The molecular formula is C19H20FN5O3S. The molecule has 2 N–H and O–H groups in total. The van der Waals surface area contributed by atoms with E-state index in [1.165, 1.54) is 41.5 Å². The molecule has 3 aromatic rings. The van der Waals surface area contributed by atoms with Gasteiger partial charge in [-0.3, -0.25) is 9.52 Å². The molecule has 1 amide bonds. The molecule has 0 atom stereocenters. The molecule has 29 heavy (non-hydrogen) atoms. The Morgan fingerprint density at radius 3 is 2.66 bits per heavy atom. The Morgan fingerprint density at radius 1 is 1.14 bits per heavy atom. The zero-order chi connectivity index (χ0) is 20.4. The molecule has 2 aromatic heterocycles. The van der Waals surface area contributed by atoms with Crippen molar-refractivity contribution in [2.45, 2.75) is 43.0 Å². The summed E-state index contributed by atoms with van der Waals surface area (Å²) >= 11 is 0. The van der Waals surface area contributed by atoms with Crippen molar-refractivity contribution in [3.8, 4) is 0 Å². The quantitative estimate of drug-likeness (QED) is 0.664. The number of hydrogen-bond acceptors (Lipinski definition) is 5. The van der Waals surface area contributed by atoms with E-state index in [0.29, 0.717) is 0 Å². The highest BCUT2D eigenvalue weighted by Gasteiger charge is 2.22. The monoisotopic (exact) mass is 417 g/mol. The van der Waals surface area contributed by atoms with Crippen LogP contribution in [0.15, 0.2) is 47.6 Å². The molecule has 4 rings (SSSR count). The number of amides is 1. The highest BCUT2D eigenvalue weighted by molar-refractivity contribution is 7.92. The minimum atomic E-state index is -4.17. The predicted octanol–water partition coefficient (Wildman–Crippen LogP) is 2.73. The molecule has 0 aliphatic heterocycles. The lowest BCUT2D eigenvalue weighted by molar-refractivity contribution is 0.0929. The molecule has 0 saturated heterocycles. The molecule has 8 nitrogen and oxygen atoms in total. The number of nitrogens with one attached hydrogen (secondary N) is 2. The van der Waals surface area contributed by atoms with Crippen LogP contribution in [0.25, 0.3) is 5.65 Å². The van der Waals surface area contributed by atoms with Gasteiger partial charge in [-0.25, -0.2) is 22.3 Å². The summed E-state index contributed by atoms with van der Waals surface area (Å²) in [4.78, 5) is 16.4. The van der Waals surface area contributed by atoms with Gasteiger partial charge < -0.3 is 5.32 Å². The van der Waals surface area contributed by atoms with Crippen LogP contribution in [-0.4, -0.2) is 35.0 Å². The van der Waals surface area contributed by atoms with Gasteiger partial charge in [0.15, 0.2) is 5.65 Å². The lowest BCUT2D eigenvalue weighted by Gasteiger charge is -2.22. The Morgan fingerprint density at radius 2 is 1.90 bits per heavy atom. The first kappa shape index (κ1) is 19.3. The van der Waals surface area contributed by atoms with Crippen molar-refractivity contribution in [3.63, 3.8) is 0 Å². The SMILES string of the molecule is O=C(NC1CCCCC1)c1cnn2ccc(NS(=O)(=O)c3ccccc3F)nc12. The maximum absolute atomic E-state index is 13.9. The van der Waals surface area contributed by atoms with Crippen molar-refractivity contribution in [3.05, 3.63) is 54.1 Å². The molecule has 1 aliphatic rings. The van der Waals surface area contributed by atoms with Crippen LogP contribution in [0.1, 0.15) is 42.5 Å². The summed E-state index contributed by atoms with van der Waals surface area (Å²) in [6.45, 7) is 0. The van der Waals surface area contributed by atoms with E-state index in [0.717, 1.165) is 37.8 Å². The number of aromatic nitrogens is 3. The normalized spacial score (nSPS) is 15.3. The smallest absolute Gasteiger partial charge is 0.265 e. The van der Waals surface area contributed by atoms with Crippen molar-refractivity contribution in [1.82, 2.24) is 19.9 Å². The number of fused-ring (bicyclic) bond motifs is 1. The number of carbonyl (C=O) groups excluding carboxylic acids is 1. The van der Waals surface area contributed by atoms with E-state index >= 15 is 0 Å². The Labute approximate surface area is 167 Å². The van der Waals surface area contributed by atoms with E-state index in [9.17, 15) is 17.6 Å². The molecular weight excluding hydrogens is 397 g/mol. The van der Waals surface area contributed by atoms with E-state index in [4.69, 9.17) is 0 Å².